The van der Waals surface area contributed by atoms with E-state index >= 15 is 0 Å². The van der Waals surface area contributed by atoms with Gasteiger partial charge in [-0.25, -0.2) is 0 Å². The minimum absolute atomic E-state index is 0.221. The second-order valence-corrected chi connectivity index (χ2v) is 5.03. The van der Waals surface area contributed by atoms with Crippen molar-refractivity contribution in [1.29, 1.82) is 0 Å². The van der Waals surface area contributed by atoms with Crippen LogP contribution >= 0.6 is 0 Å². The molecular weight excluding hydrogens is 200 g/mol. The summed E-state index contributed by atoms with van der Waals surface area (Å²) in [4.78, 5) is 15.6. The molecule has 1 unspecified atom stereocenters. The van der Waals surface area contributed by atoms with Gasteiger partial charge in [0.25, 0.3) is 0 Å². The molecule has 0 N–H and O–H groups in total. The van der Waals surface area contributed by atoms with E-state index in [0.717, 1.165) is 32.1 Å². The zero-order chi connectivity index (χ0) is 12.0. The van der Waals surface area contributed by atoms with Crippen LogP contribution in [0.15, 0.2) is 0 Å². The van der Waals surface area contributed by atoms with Crippen LogP contribution in [-0.2, 0) is 4.79 Å². The van der Waals surface area contributed by atoms with Gasteiger partial charge in [0.2, 0.25) is 5.91 Å². The zero-order valence-corrected chi connectivity index (χ0v) is 11.0. The van der Waals surface area contributed by atoms with E-state index in [0.29, 0.717) is 0 Å². The predicted molar refractivity (Wildman–Crippen MR) is 67.4 cm³/mol. The lowest BCUT2D eigenvalue weighted by Crippen LogP contribution is -2.48. The first-order valence-electron chi connectivity index (χ1n) is 6.61. The molecule has 0 spiro atoms. The third kappa shape index (κ3) is 4.52. The molecule has 0 aliphatic carbocycles. The highest BCUT2D eigenvalue weighted by molar-refractivity contribution is 5.73. The van der Waals surface area contributed by atoms with E-state index in [-0.39, 0.29) is 5.91 Å². The maximum Gasteiger partial charge on any atom is 0.219 e. The lowest BCUT2D eigenvalue weighted by Gasteiger charge is -2.34. The average molecular weight is 226 g/mol. The van der Waals surface area contributed by atoms with Gasteiger partial charge >= 0.3 is 0 Å². The van der Waals surface area contributed by atoms with Gasteiger partial charge in [-0.05, 0) is 18.9 Å². The van der Waals surface area contributed by atoms with E-state index in [4.69, 9.17) is 0 Å². The minimum Gasteiger partial charge on any atom is -0.340 e. The number of hydrogen-bond donors (Lipinski definition) is 0. The van der Waals surface area contributed by atoms with Crippen molar-refractivity contribution >= 4 is 5.91 Å². The average Bonchev–Trinajstić information content (AvgIpc) is 2.27. The molecule has 1 atom stereocenters. The van der Waals surface area contributed by atoms with Crippen molar-refractivity contribution in [1.82, 2.24) is 9.80 Å². The lowest BCUT2D eigenvalue weighted by molar-refractivity contribution is -0.130. The molecule has 16 heavy (non-hydrogen) atoms. The van der Waals surface area contributed by atoms with Crippen molar-refractivity contribution in [3.05, 3.63) is 0 Å². The van der Waals surface area contributed by atoms with Gasteiger partial charge in [-0.3, -0.25) is 9.69 Å². The first-order chi connectivity index (χ1) is 7.63. The Hall–Kier alpha value is -0.570. The monoisotopic (exact) mass is 226 g/mol. The van der Waals surface area contributed by atoms with Crippen molar-refractivity contribution in [2.45, 2.75) is 40.0 Å². The zero-order valence-electron chi connectivity index (χ0n) is 11.0. The molecule has 0 aromatic carbocycles. The molecule has 94 valence electrons. The third-order valence-electron chi connectivity index (χ3n) is 3.54. The Balaban J connectivity index is 2.14. The quantitative estimate of drug-likeness (QED) is 0.715. The fourth-order valence-corrected chi connectivity index (χ4v) is 2.33. The van der Waals surface area contributed by atoms with Crippen molar-refractivity contribution in [2.75, 3.05) is 32.7 Å². The van der Waals surface area contributed by atoms with Crippen molar-refractivity contribution < 1.29 is 4.79 Å². The first-order valence-corrected chi connectivity index (χ1v) is 6.61. The Labute approximate surface area is 99.8 Å². The Bertz CT molecular complexity index is 210. The molecule has 0 bridgehead atoms. The maximum absolute atomic E-state index is 11.2. The molecule has 0 radical (unpaired) electrons. The molecule has 1 heterocycles. The summed E-state index contributed by atoms with van der Waals surface area (Å²) in [6.07, 6.45) is 3.93. The summed E-state index contributed by atoms with van der Waals surface area (Å²) in [5, 5.41) is 0. The van der Waals surface area contributed by atoms with Gasteiger partial charge in [0.05, 0.1) is 0 Å². The highest BCUT2D eigenvalue weighted by atomic mass is 16.2. The molecule has 1 saturated heterocycles. The van der Waals surface area contributed by atoms with Crippen LogP contribution in [-0.4, -0.2) is 48.4 Å². The Morgan fingerprint density at radius 3 is 2.31 bits per heavy atom. The molecule has 0 aromatic rings. The van der Waals surface area contributed by atoms with Gasteiger partial charge in [0, 0.05) is 33.1 Å². The van der Waals surface area contributed by atoms with E-state index in [9.17, 15) is 4.79 Å². The van der Waals surface area contributed by atoms with Gasteiger partial charge in [-0.2, -0.15) is 0 Å². The van der Waals surface area contributed by atoms with E-state index in [2.05, 4.69) is 18.7 Å². The van der Waals surface area contributed by atoms with Crippen LogP contribution in [0.5, 0.6) is 0 Å². The molecule has 1 rings (SSSR count). The van der Waals surface area contributed by atoms with E-state index in [1.54, 1.807) is 6.92 Å². The number of amides is 1. The second kappa shape index (κ2) is 6.89. The van der Waals surface area contributed by atoms with Gasteiger partial charge in [-0.1, -0.05) is 26.7 Å². The minimum atomic E-state index is 0.221. The van der Waals surface area contributed by atoms with Crippen molar-refractivity contribution in [3.8, 4) is 0 Å². The first kappa shape index (κ1) is 13.5. The van der Waals surface area contributed by atoms with Crippen LogP contribution in [0.3, 0.4) is 0 Å². The SMILES string of the molecule is CCCC(C)CCN1CCN(C(C)=O)CC1. The lowest BCUT2D eigenvalue weighted by atomic mass is 10.0. The van der Waals surface area contributed by atoms with Crippen LogP contribution in [0.2, 0.25) is 0 Å². The Morgan fingerprint density at radius 2 is 1.81 bits per heavy atom. The molecule has 1 aliphatic heterocycles. The molecular formula is C13H26N2O. The molecule has 1 fully saturated rings. The third-order valence-corrected chi connectivity index (χ3v) is 3.54. The Morgan fingerprint density at radius 1 is 1.19 bits per heavy atom. The van der Waals surface area contributed by atoms with Crippen LogP contribution in [0.25, 0.3) is 0 Å². The second-order valence-electron chi connectivity index (χ2n) is 5.03. The van der Waals surface area contributed by atoms with Crippen LogP contribution < -0.4 is 0 Å². The summed E-state index contributed by atoms with van der Waals surface area (Å²) in [6.45, 7) is 11.4. The van der Waals surface area contributed by atoms with Gasteiger partial charge in [0.15, 0.2) is 0 Å². The van der Waals surface area contributed by atoms with Crippen molar-refractivity contribution in [2.24, 2.45) is 5.92 Å². The van der Waals surface area contributed by atoms with Crippen LogP contribution in [0.4, 0.5) is 0 Å². The molecule has 3 heteroatoms. The molecule has 1 amide bonds. The molecule has 1 aliphatic rings. The van der Waals surface area contributed by atoms with Crippen LogP contribution in [0.1, 0.15) is 40.0 Å². The maximum atomic E-state index is 11.2. The summed E-state index contributed by atoms with van der Waals surface area (Å²) in [5.74, 6) is 1.06. The van der Waals surface area contributed by atoms with E-state index in [1.807, 2.05) is 4.90 Å². The van der Waals surface area contributed by atoms with Crippen LogP contribution in [0, 0.1) is 5.92 Å². The molecule has 0 aromatic heterocycles. The number of carbonyl (C=O) groups is 1. The standard InChI is InChI=1S/C13H26N2O/c1-4-5-12(2)6-7-14-8-10-15(11-9-14)13(3)16/h12H,4-11H2,1-3H3. The van der Waals surface area contributed by atoms with E-state index in [1.165, 1.54) is 25.8 Å². The molecule has 0 saturated carbocycles. The number of rotatable bonds is 5. The number of carbonyl (C=O) groups excluding carboxylic acids is 1. The fraction of sp³-hybridized carbons (Fsp3) is 0.923. The van der Waals surface area contributed by atoms with Gasteiger partial charge in [0.1, 0.15) is 0 Å². The number of nitrogens with zero attached hydrogens (tertiary/aromatic N) is 2. The topological polar surface area (TPSA) is 23.6 Å². The Kier molecular flexibility index (Phi) is 5.81. The highest BCUT2D eigenvalue weighted by Crippen LogP contribution is 2.11. The number of hydrogen-bond acceptors (Lipinski definition) is 2. The van der Waals surface area contributed by atoms with Gasteiger partial charge in [-0.15, -0.1) is 0 Å². The number of piperazine rings is 1. The molecule has 3 nitrogen and oxygen atoms in total. The largest absolute Gasteiger partial charge is 0.340 e. The summed E-state index contributed by atoms with van der Waals surface area (Å²) >= 11 is 0. The summed E-state index contributed by atoms with van der Waals surface area (Å²) < 4.78 is 0. The normalized spacial score (nSPS) is 19.8. The van der Waals surface area contributed by atoms with Gasteiger partial charge < -0.3 is 4.90 Å². The smallest absolute Gasteiger partial charge is 0.219 e. The summed E-state index contributed by atoms with van der Waals surface area (Å²) in [5.41, 5.74) is 0. The fourth-order valence-electron chi connectivity index (χ4n) is 2.33. The summed E-state index contributed by atoms with van der Waals surface area (Å²) in [7, 11) is 0. The predicted octanol–water partition coefficient (Wildman–Crippen LogP) is 1.98. The summed E-state index contributed by atoms with van der Waals surface area (Å²) in [6, 6.07) is 0. The van der Waals surface area contributed by atoms with E-state index < -0.39 is 0 Å². The van der Waals surface area contributed by atoms with Crippen molar-refractivity contribution in [3.63, 3.8) is 0 Å². The highest BCUT2D eigenvalue weighted by Gasteiger charge is 2.18.